The van der Waals surface area contributed by atoms with Crippen molar-refractivity contribution < 1.29 is 17.9 Å². The zero-order chi connectivity index (χ0) is 22.1. The Labute approximate surface area is 187 Å². The lowest BCUT2D eigenvalue weighted by molar-refractivity contribution is 0.0857. The van der Waals surface area contributed by atoms with Crippen LogP contribution in [0.25, 0.3) is 10.9 Å². The Hall–Kier alpha value is -2.71. The standard InChI is InChI=1S/C24H27N3O4S/c28-24(25-16-19-8-5-15-31-19)18-11-13-20(14-12-18)32(29,30)27-22-10-4-3-9-21(22)23(26-27)17-6-1-2-7-17/h3-4,9-14,17,19H,1-2,5-8,15-16H2,(H,25,28). The van der Waals surface area contributed by atoms with Crippen LogP contribution in [0.15, 0.2) is 53.4 Å². The molecule has 1 unspecified atom stereocenters. The second-order valence-electron chi connectivity index (χ2n) is 8.60. The van der Waals surface area contributed by atoms with Gasteiger partial charge in [-0.25, -0.2) is 0 Å². The van der Waals surface area contributed by atoms with Crippen molar-refractivity contribution in [2.24, 2.45) is 0 Å². The lowest BCUT2D eigenvalue weighted by Gasteiger charge is -2.11. The van der Waals surface area contributed by atoms with E-state index in [-0.39, 0.29) is 16.9 Å². The van der Waals surface area contributed by atoms with E-state index in [0.717, 1.165) is 60.3 Å². The third kappa shape index (κ3) is 3.93. The van der Waals surface area contributed by atoms with E-state index >= 15 is 0 Å². The van der Waals surface area contributed by atoms with Crippen LogP contribution in [0.5, 0.6) is 0 Å². The molecule has 1 aliphatic heterocycles. The first-order valence-corrected chi connectivity index (χ1v) is 12.7. The van der Waals surface area contributed by atoms with Crippen molar-refractivity contribution in [3.8, 4) is 0 Å². The minimum atomic E-state index is -3.89. The molecule has 2 aromatic carbocycles. The van der Waals surface area contributed by atoms with E-state index in [0.29, 0.717) is 23.5 Å². The van der Waals surface area contributed by atoms with Gasteiger partial charge in [0.15, 0.2) is 0 Å². The summed E-state index contributed by atoms with van der Waals surface area (Å²) in [5.74, 6) is 0.0591. The first-order valence-electron chi connectivity index (χ1n) is 11.3. The summed E-state index contributed by atoms with van der Waals surface area (Å²) >= 11 is 0. The number of nitrogens with zero attached hydrogens (tertiary/aromatic N) is 2. The number of benzene rings is 2. The Kier molecular flexibility index (Phi) is 5.73. The zero-order valence-electron chi connectivity index (χ0n) is 17.9. The van der Waals surface area contributed by atoms with Crippen LogP contribution in [0, 0.1) is 0 Å². The molecular weight excluding hydrogens is 426 g/mol. The smallest absolute Gasteiger partial charge is 0.283 e. The molecule has 2 fully saturated rings. The van der Waals surface area contributed by atoms with Gasteiger partial charge in [-0.1, -0.05) is 31.0 Å². The molecule has 8 heteroatoms. The highest BCUT2D eigenvalue weighted by Gasteiger charge is 2.28. The van der Waals surface area contributed by atoms with Crippen LogP contribution in [-0.2, 0) is 14.8 Å². The highest BCUT2D eigenvalue weighted by atomic mass is 32.2. The summed E-state index contributed by atoms with van der Waals surface area (Å²) in [6.45, 7) is 1.19. The van der Waals surface area contributed by atoms with Gasteiger partial charge in [-0.2, -0.15) is 17.6 Å². The average molecular weight is 454 g/mol. The fourth-order valence-electron chi connectivity index (χ4n) is 4.74. The highest BCUT2D eigenvalue weighted by Crippen LogP contribution is 2.37. The summed E-state index contributed by atoms with van der Waals surface area (Å²) in [5.41, 5.74) is 1.87. The quantitative estimate of drug-likeness (QED) is 0.612. The van der Waals surface area contributed by atoms with Crippen LogP contribution in [0.2, 0.25) is 0 Å². The molecule has 0 bridgehead atoms. The molecule has 0 spiro atoms. The van der Waals surface area contributed by atoms with Crippen molar-refractivity contribution >= 4 is 26.8 Å². The number of para-hydroxylation sites is 1. The molecule has 3 aromatic rings. The first kappa shape index (κ1) is 21.2. The second kappa shape index (κ2) is 8.67. The Morgan fingerprint density at radius 2 is 1.78 bits per heavy atom. The Bertz CT molecular complexity index is 1220. The van der Waals surface area contributed by atoms with Crippen LogP contribution in [0.4, 0.5) is 0 Å². The van der Waals surface area contributed by atoms with Gasteiger partial charge in [0.1, 0.15) is 0 Å². The van der Waals surface area contributed by atoms with Crippen LogP contribution in [-0.4, -0.2) is 42.8 Å². The summed E-state index contributed by atoms with van der Waals surface area (Å²) in [4.78, 5) is 12.5. The number of fused-ring (bicyclic) bond motifs is 1. The molecule has 1 amide bonds. The number of aromatic nitrogens is 2. The Morgan fingerprint density at radius 3 is 2.50 bits per heavy atom. The molecule has 32 heavy (non-hydrogen) atoms. The number of carbonyl (C=O) groups excluding carboxylic acids is 1. The predicted molar refractivity (Wildman–Crippen MR) is 121 cm³/mol. The van der Waals surface area contributed by atoms with Crippen molar-refractivity contribution in [1.82, 2.24) is 14.5 Å². The van der Waals surface area contributed by atoms with E-state index in [1.54, 1.807) is 18.2 Å². The van der Waals surface area contributed by atoms with Gasteiger partial charge in [-0.15, -0.1) is 0 Å². The summed E-state index contributed by atoms with van der Waals surface area (Å²) in [6, 6.07) is 13.5. The van der Waals surface area contributed by atoms with Gasteiger partial charge in [0.25, 0.3) is 15.9 Å². The molecule has 1 saturated carbocycles. The maximum absolute atomic E-state index is 13.4. The van der Waals surface area contributed by atoms with Crippen molar-refractivity contribution in [1.29, 1.82) is 0 Å². The minimum Gasteiger partial charge on any atom is -0.376 e. The van der Waals surface area contributed by atoms with Crippen LogP contribution in [0.3, 0.4) is 0 Å². The Morgan fingerprint density at radius 1 is 1.03 bits per heavy atom. The van der Waals surface area contributed by atoms with Crippen molar-refractivity contribution in [3.63, 3.8) is 0 Å². The fraction of sp³-hybridized carbons (Fsp3) is 0.417. The molecule has 1 N–H and O–H groups in total. The lowest BCUT2D eigenvalue weighted by Crippen LogP contribution is -2.31. The number of nitrogens with one attached hydrogen (secondary N) is 1. The molecule has 1 aliphatic carbocycles. The number of carbonyl (C=O) groups is 1. The van der Waals surface area contributed by atoms with Gasteiger partial charge >= 0.3 is 0 Å². The first-order chi connectivity index (χ1) is 15.5. The number of amides is 1. The van der Waals surface area contributed by atoms with Crippen molar-refractivity contribution in [3.05, 3.63) is 59.8 Å². The number of hydrogen-bond acceptors (Lipinski definition) is 5. The van der Waals surface area contributed by atoms with E-state index in [4.69, 9.17) is 4.74 Å². The molecule has 168 valence electrons. The van der Waals surface area contributed by atoms with Gasteiger partial charge in [0.2, 0.25) is 0 Å². The maximum Gasteiger partial charge on any atom is 0.283 e. The van der Waals surface area contributed by atoms with E-state index in [2.05, 4.69) is 10.4 Å². The molecule has 5 rings (SSSR count). The van der Waals surface area contributed by atoms with E-state index < -0.39 is 10.0 Å². The van der Waals surface area contributed by atoms with Crippen molar-refractivity contribution in [2.75, 3.05) is 13.2 Å². The third-order valence-corrected chi connectivity index (χ3v) is 8.08. The van der Waals surface area contributed by atoms with Gasteiger partial charge < -0.3 is 10.1 Å². The largest absolute Gasteiger partial charge is 0.376 e. The van der Waals surface area contributed by atoms with Crippen LogP contribution < -0.4 is 5.32 Å². The van der Waals surface area contributed by atoms with Crippen LogP contribution >= 0.6 is 0 Å². The molecular formula is C24H27N3O4S. The molecule has 1 atom stereocenters. The second-order valence-corrected chi connectivity index (χ2v) is 10.4. The van der Waals surface area contributed by atoms with Gasteiger partial charge in [-0.05, 0) is 56.0 Å². The average Bonchev–Trinajstić information content (AvgIpc) is 3.58. The Balaban J connectivity index is 1.41. The van der Waals surface area contributed by atoms with Gasteiger partial charge in [0.05, 0.1) is 22.2 Å². The monoisotopic (exact) mass is 453 g/mol. The molecule has 2 aliphatic rings. The molecule has 1 saturated heterocycles. The zero-order valence-corrected chi connectivity index (χ0v) is 18.7. The van der Waals surface area contributed by atoms with Crippen molar-refractivity contribution in [2.45, 2.75) is 55.4 Å². The van der Waals surface area contributed by atoms with Gasteiger partial charge in [0, 0.05) is 30.0 Å². The molecule has 7 nitrogen and oxygen atoms in total. The van der Waals surface area contributed by atoms with Crippen LogP contribution in [0.1, 0.15) is 60.5 Å². The van der Waals surface area contributed by atoms with E-state index in [9.17, 15) is 13.2 Å². The topological polar surface area (TPSA) is 90.3 Å². The SMILES string of the molecule is O=C(NCC1CCCO1)c1ccc(S(=O)(=O)n2nc(C3CCCC3)c3ccccc32)cc1. The summed E-state index contributed by atoms with van der Waals surface area (Å²) in [5, 5.41) is 8.34. The normalized spacial score (nSPS) is 19.6. The number of hydrogen-bond donors (Lipinski definition) is 1. The number of ether oxygens (including phenoxy) is 1. The summed E-state index contributed by atoms with van der Waals surface area (Å²) < 4.78 is 33.6. The van der Waals surface area contributed by atoms with E-state index in [1.165, 1.54) is 12.1 Å². The highest BCUT2D eigenvalue weighted by molar-refractivity contribution is 7.90. The molecule has 1 aromatic heterocycles. The minimum absolute atomic E-state index is 0.0563. The summed E-state index contributed by atoms with van der Waals surface area (Å²) in [6.07, 6.45) is 6.38. The van der Waals surface area contributed by atoms with Gasteiger partial charge in [-0.3, -0.25) is 4.79 Å². The number of rotatable bonds is 6. The predicted octanol–water partition coefficient (Wildman–Crippen LogP) is 3.84. The van der Waals surface area contributed by atoms with E-state index in [1.807, 2.05) is 18.2 Å². The molecule has 0 radical (unpaired) electrons. The fourth-order valence-corrected chi connectivity index (χ4v) is 6.03. The maximum atomic E-state index is 13.4. The molecule has 2 heterocycles. The lowest BCUT2D eigenvalue weighted by atomic mass is 10.0. The third-order valence-electron chi connectivity index (χ3n) is 6.48. The summed E-state index contributed by atoms with van der Waals surface area (Å²) in [7, 11) is -3.89.